The lowest BCUT2D eigenvalue weighted by Gasteiger charge is -2.39. The van der Waals surface area contributed by atoms with Gasteiger partial charge in [-0.2, -0.15) is 0 Å². The van der Waals surface area contributed by atoms with E-state index in [4.69, 9.17) is 23.2 Å². The minimum absolute atomic E-state index is 0.107. The topological polar surface area (TPSA) is 85.0 Å². The van der Waals surface area contributed by atoms with Crippen molar-refractivity contribution in [3.8, 4) is 0 Å². The number of carbonyl (C=O) groups is 3. The maximum atomic E-state index is 13.1. The first-order valence-corrected chi connectivity index (χ1v) is 12.0. The lowest BCUT2D eigenvalue weighted by Crippen LogP contribution is -2.60. The van der Waals surface area contributed by atoms with E-state index in [-0.39, 0.29) is 30.7 Å². The summed E-state index contributed by atoms with van der Waals surface area (Å²) in [6.45, 7) is 4.03. The van der Waals surface area contributed by atoms with Crippen LogP contribution < -0.4 is 15.5 Å². The van der Waals surface area contributed by atoms with E-state index in [1.54, 1.807) is 24.3 Å². The second kappa shape index (κ2) is 11.1. The average Bonchev–Trinajstić information content (AvgIpc) is 2.83. The Morgan fingerprint density at radius 3 is 2.18 bits per heavy atom. The van der Waals surface area contributed by atoms with E-state index in [2.05, 4.69) is 20.4 Å². The van der Waals surface area contributed by atoms with Crippen molar-refractivity contribution in [2.24, 2.45) is 0 Å². The molecule has 0 aromatic heterocycles. The Balaban J connectivity index is 1.31. The molecule has 0 radical (unpaired) electrons. The van der Waals surface area contributed by atoms with Crippen molar-refractivity contribution in [1.82, 2.24) is 15.1 Å². The highest BCUT2D eigenvalue weighted by atomic mass is 35.5. The van der Waals surface area contributed by atoms with E-state index in [1.807, 2.05) is 24.3 Å². The van der Waals surface area contributed by atoms with Crippen LogP contribution in [0.2, 0.25) is 10.0 Å². The van der Waals surface area contributed by atoms with Crippen LogP contribution in [-0.4, -0.2) is 79.4 Å². The fraction of sp³-hybridized carbons (Fsp3) is 0.375. The number of carbonyl (C=O) groups excluding carboxylic acids is 3. The van der Waals surface area contributed by atoms with E-state index >= 15 is 0 Å². The van der Waals surface area contributed by atoms with Crippen LogP contribution in [0.15, 0.2) is 48.5 Å². The number of piperazine rings is 2. The van der Waals surface area contributed by atoms with E-state index in [1.165, 1.54) is 4.90 Å². The summed E-state index contributed by atoms with van der Waals surface area (Å²) < 4.78 is 0. The van der Waals surface area contributed by atoms with Crippen molar-refractivity contribution in [3.63, 3.8) is 0 Å². The molecule has 0 saturated carbocycles. The molecule has 2 aromatic carbocycles. The fourth-order valence-corrected chi connectivity index (χ4v) is 4.49. The molecular formula is C24H27Cl2N5O3. The van der Waals surface area contributed by atoms with Gasteiger partial charge >= 0.3 is 0 Å². The highest BCUT2D eigenvalue weighted by Crippen LogP contribution is 2.20. The number of hydrogen-bond donors (Lipinski definition) is 2. The standard InChI is InChI=1S/C24H27Cl2N5O3/c25-17-1-5-19(6-2-17)28-22(32)15-21-24(34)27-9-10-31(21)23(33)16-29-11-13-30(14-12-29)20-7-3-18(26)4-8-20/h1-8,21H,9-16H2,(H,27,34)(H,28,32). The van der Waals surface area contributed by atoms with Crippen molar-refractivity contribution in [2.75, 3.05) is 56.0 Å². The Bertz CT molecular complexity index is 1020. The molecule has 4 rings (SSSR count). The maximum absolute atomic E-state index is 13.1. The Kier molecular flexibility index (Phi) is 7.92. The molecule has 3 amide bonds. The van der Waals surface area contributed by atoms with Gasteiger partial charge in [0, 0.05) is 60.7 Å². The third-order valence-electron chi connectivity index (χ3n) is 6.08. The summed E-state index contributed by atoms with van der Waals surface area (Å²) in [4.78, 5) is 44.1. The molecule has 34 heavy (non-hydrogen) atoms. The predicted octanol–water partition coefficient (Wildman–Crippen LogP) is 2.47. The highest BCUT2D eigenvalue weighted by molar-refractivity contribution is 6.30. The first kappa shape index (κ1) is 24.3. The summed E-state index contributed by atoms with van der Waals surface area (Å²) in [7, 11) is 0. The number of amides is 3. The quantitative estimate of drug-likeness (QED) is 0.632. The van der Waals surface area contributed by atoms with Crippen LogP contribution in [0.5, 0.6) is 0 Å². The van der Waals surface area contributed by atoms with Gasteiger partial charge in [-0.1, -0.05) is 23.2 Å². The first-order valence-electron chi connectivity index (χ1n) is 11.2. The van der Waals surface area contributed by atoms with E-state index < -0.39 is 6.04 Å². The van der Waals surface area contributed by atoms with Crippen LogP contribution in [0.4, 0.5) is 11.4 Å². The smallest absolute Gasteiger partial charge is 0.243 e. The second-order valence-electron chi connectivity index (χ2n) is 8.39. The van der Waals surface area contributed by atoms with Crippen LogP contribution in [0.25, 0.3) is 0 Å². The van der Waals surface area contributed by atoms with Crippen LogP contribution >= 0.6 is 23.2 Å². The van der Waals surface area contributed by atoms with Gasteiger partial charge in [0.05, 0.1) is 13.0 Å². The largest absolute Gasteiger partial charge is 0.369 e. The van der Waals surface area contributed by atoms with Crippen molar-refractivity contribution >= 4 is 52.3 Å². The van der Waals surface area contributed by atoms with Gasteiger partial charge in [-0.15, -0.1) is 0 Å². The molecule has 2 saturated heterocycles. The van der Waals surface area contributed by atoms with Gasteiger partial charge in [0.15, 0.2) is 0 Å². The van der Waals surface area contributed by atoms with Gasteiger partial charge in [-0.05, 0) is 48.5 Å². The Labute approximate surface area is 208 Å². The monoisotopic (exact) mass is 503 g/mol. The molecule has 2 aliphatic heterocycles. The van der Waals surface area contributed by atoms with Crippen LogP contribution in [0.3, 0.4) is 0 Å². The summed E-state index contributed by atoms with van der Waals surface area (Å²) in [6, 6.07) is 13.6. The minimum Gasteiger partial charge on any atom is -0.369 e. The van der Waals surface area contributed by atoms with Gasteiger partial charge < -0.3 is 20.4 Å². The van der Waals surface area contributed by atoms with Crippen molar-refractivity contribution in [2.45, 2.75) is 12.5 Å². The van der Waals surface area contributed by atoms with Gasteiger partial charge in [-0.25, -0.2) is 0 Å². The Morgan fingerprint density at radius 1 is 0.912 bits per heavy atom. The van der Waals surface area contributed by atoms with Crippen LogP contribution in [0, 0.1) is 0 Å². The van der Waals surface area contributed by atoms with E-state index in [9.17, 15) is 14.4 Å². The molecule has 10 heteroatoms. The van der Waals surface area contributed by atoms with Gasteiger partial charge in [0.2, 0.25) is 17.7 Å². The predicted molar refractivity (Wildman–Crippen MR) is 133 cm³/mol. The number of nitrogens with zero attached hydrogens (tertiary/aromatic N) is 3. The third-order valence-corrected chi connectivity index (χ3v) is 6.58. The molecule has 0 spiro atoms. The number of rotatable bonds is 6. The molecule has 0 bridgehead atoms. The fourth-order valence-electron chi connectivity index (χ4n) is 4.24. The zero-order valence-electron chi connectivity index (χ0n) is 18.7. The van der Waals surface area contributed by atoms with Gasteiger partial charge in [0.25, 0.3) is 0 Å². The summed E-state index contributed by atoms with van der Waals surface area (Å²) in [5.74, 6) is -0.781. The van der Waals surface area contributed by atoms with Crippen molar-refractivity contribution in [3.05, 3.63) is 58.6 Å². The number of hydrogen-bond acceptors (Lipinski definition) is 5. The van der Waals surface area contributed by atoms with Crippen LogP contribution in [-0.2, 0) is 14.4 Å². The van der Waals surface area contributed by atoms with Crippen molar-refractivity contribution in [1.29, 1.82) is 0 Å². The molecule has 180 valence electrons. The summed E-state index contributed by atoms with van der Waals surface area (Å²) >= 11 is 11.9. The van der Waals surface area contributed by atoms with Gasteiger partial charge in [0.1, 0.15) is 6.04 Å². The highest BCUT2D eigenvalue weighted by Gasteiger charge is 2.35. The third kappa shape index (κ3) is 6.20. The number of anilines is 2. The van der Waals surface area contributed by atoms with Gasteiger partial charge in [-0.3, -0.25) is 19.3 Å². The molecule has 8 nitrogen and oxygen atoms in total. The zero-order chi connectivity index (χ0) is 24.1. The van der Waals surface area contributed by atoms with E-state index in [0.29, 0.717) is 28.8 Å². The molecule has 2 heterocycles. The molecular weight excluding hydrogens is 477 g/mol. The Morgan fingerprint density at radius 2 is 1.53 bits per heavy atom. The molecule has 1 atom stereocenters. The molecule has 2 fully saturated rings. The van der Waals surface area contributed by atoms with Crippen LogP contribution in [0.1, 0.15) is 6.42 Å². The normalized spacial score (nSPS) is 19.0. The molecule has 2 aliphatic rings. The number of benzene rings is 2. The molecule has 1 unspecified atom stereocenters. The molecule has 2 aromatic rings. The number of halogens is 2. The zero-order valence-corrected chi connectivity index (χ0v) is 20.2. The second-order valence-corrected chi connectivity index (χ2v) is 9.27. The lowest BCUT2D eigenvalue weighted by atomic mass is 10.1. The van der Waals surface area contributed by atoms with Crippen molar-refractivity contribution < 1.29 is 14.4 Å². The lowest BCUT2D eigenvalue weighted by molar-refractivity contribution is -0.145. The Hall–Kier alpha value is -2.81. The SMILES string of the molecule is O=C(CC1C(=O)NCCN1C(=O)CN1CCN(c2ccc(Cl)cc2)CC1)Nc1ccc(Cl)cc1. The summed E-state index contributed by atoms with van der Waals surface area (Å²) in [5.41, 5.74) is 1.69. The summed E-state index contributed by atoms with van der Waals surface area (Å²) in [5, 5.41) is 6.80. The maximum Gasteiger partial charge on any atom is 0.243 e. The molecule has 0 aliphatic carbocycles. The summed E-state index contributed by atoms with van der Waals surface area (Å²) in [6.07, 6.45) is -0.107. The average molecular weight is 504 g/mol. The first-order chi connectivity index (χ1) is 16.4. The van der Waals surface area contributed by atoms with E-state index in [0.717, 1.165) is 31.9 Å². The number of nitrogens with one attached hydrogen (secondary N) is 2. The minimum atomic E-state index is -0.830. The molecule has 2 N–H and O–H groups in total.